The van der Waals surface area contributed by atoms with Crippen molar-refractivity contribution in [2.45, 2.75) is 107 Å². The van der Waals surface area contributed by atoms with Crippen LogP contribution in [0.3, 0.4) is 0 Å². The van der Waals surface area contributed by atoms with Crippen molar-refractivity contribution in [2.24, 2.45) is 0 Å². The first-order valence-electron chi connectivity index (χ1n) is 12.5. The Kier molecular flexibility index (Phi) is 7.03. The number of fused-ring (bicyclic) bond motifs is 3. The molecule has 0 bridgehead atoms. The quantitative estimate of drug-likeness (QED) is 0.347. The molecule has 1 N–H and O–H groups in total. The molecule has 32 heavy (non-hydrogen) atoms. The van der Waals surface area contributed by atoms with Gasteiger partial charge in [0.05, 0.1) is 0 Å². The van der Waals surface area contributed by atoms with Crippen LogP contribution in [0.2, 0.25) is 21.5 Å². The van der Waals surface area contributed by atoms with Crippen LogP contribution in [0.4, 0.5) is 0 Å². The van der Waals surface area contributed by atoms with Crippen LogP contribution in [0.25, 0.3) is 11.1 Å². The first kappa shape index (κ1) is 26.1. The summed E-state index contributed by atoms with van der Waals surface area (Å²) in [6, 6.07) is 12.2. The number of nitrogens with one attached hydrogen (secondary N) is 1. The number of hydrogen-bond acceptors (Lipinski definition) is 1. The van der Waals surface area contributed by atoms with Gasteiger partial charge in [0.25, 0.3) is 0 Å². The summed E-state index contributed by atoms with van der Waals surface area (Å²) in [5.41, 5.74) is 9.72. The van der Waals surface area contributed by atoms with Crippen LogP contribution in [0, 0.1) is 0 Å². The second-order valence-corrected chi connectivity index (χ2v) is 28.5. The first-order valence-corrected chi connectivity index (χ1v) is 22.3. The van der Waals surface area contributed by atoms with Crippen LogP contribution >= 0.6 is 0 Å². The van der Waals surface area contributed by atoms with Gasteiger partial charge in [-0.3, -0.25) is 0 Å². The molecule has 2 aromatic rings. The van der Waals surface area contributed by atoms with Gasteiger partial charge in [0.15, 0.2) is 0 Å². The van der Waals surface area contributed by atoms with Crippen molar-refractivity contribution in [3.8, 4) is 11.1 Å². The molecule has 1 unspecified atom stereocenters. The summed E-state index contributed by atoms with van der Waals surface area (Å²) >= 11 is -2.88. The van der Waals surface area contributed by atoms with Gasteiger partial charge in [-0.05, 0) is 0 Å². The van der Waals surface area contributed by atoms with Gasteiger partial charge in [-0.1, -0.05) is 0 Å². The summed E-state index contributed by atoms with van der Waals surface area (Å²) in [4.78, 5) is 0. The van der Waals surface area contributed by atoms with E-state index in [1.807, 2.05) is 0 Å². The molecule has 0 saturated heterocycles. The van der Waals surface area contributed by atoms with E-state index in [4.69, 9.17) is 0 Å². The Hall–Kier alpha value is -0.500. The second kappa shape index (κ2) is 8.62. The Balaban J connectivity index is 2.29. The fraction of sp³-hybridized carbons (Fsp3) is 0.586. The Morgan fingerprint density at radius 2 is 1.44 bits per heavy atom. The Morgan fingerprint density at radius 1 is 0.844 bits per heavy atom. The van der Waals surface area contributed by atoms with Gasteiger partial charge in [-0.2, -0.15) is 0 Å². The predicted molar refractivity (Wildman–Crippen MR) is 144 cm³/mol. The van der Waals surface area contributed by atoms with Crippen molar-refractivity contribution in [1.82, 2.24) is 3.26 Å². The van der Waals surface area contributed by atoms with Crippen molar-refractivity contribution < 1.29 is 20.6 Å². The molecule has 2 aromatic carbocycles. The van der Waals surface area contributed by atoms with E-state index in [0.717, 1.165) is 6.42 Å². The van der Waals surface area contributed by atoms with Crippen LogP contribution in [0.1, 0.15) is 84.6 Å². The minimum absolute atomic E-state index is 0.150. The zero-order valence-corrected chi connectivity index (χ0v) is 26.5. The first-order chi connectivity index (χ1) is 14.4. The van der Waals surface area contributed by atoms with E-state index in [1.54, 1.807) is 14.4 Å². The molecule has 0 aromatic heterocycles. The molecule has 1 aliphatic carbocycles. The minimum atomic E-state index is -2.88. The monoisotopic (exact) mass is 527 g/mol. The molecule has 0 radical (unpaired) electrons. The third-order valence-electron chi connectivity index (χ3n) is 6.77. The molecule has 0 amide bonds. The molecule has 3 heteroatoms. The molecule has 0 saturated carbocycles. The summed E-state index contributed by atoms with van der Waals surface area (Å²) < 4.78 is 10.3. The SMILES string of the molecule is C[SiH](C)[CH2][Zr]([CH3])([NH]C(C)(C)C)[c]1c(C(C)(C)C)ccc2c1Cc1cc(C(C)(C)C)ccc1-2. The number of benzene rings is 2. The van der Waals surface area contributed by atoms with Crippen LogP contribution in [-0.2, 0) is 37.8 Å². The van der Waals surface area contributed by atoms with Crippen molar-refractivity contribution in [3.05, 3.63) is 52.6 Å². The number of hydrogen-bond donors (Lipinski definition) is 1. The second-order valence-electron chi connectivity index (χ2n) is 13.9. The number of rotatable bonds is 4. The van der Waals surface area contributed by atoms with Crippen molar-refractivity contribution in [1.29, 1.82) is 0 Å². The summed E-state index contributed by atoms with van der Waals surface area (Å²) in [5, 5.41) is 0. The van der Waals surface area contributed by atoms with Gasteiger partial charge >= 0.3 is 206 Å². The van der Waals surface area contributed by atoms with Gasteiger partial charge in [-0.25, -0.2) is 0 Å². The molecule has 3 rings (SSSR count). The van der Waals surface area contributed by atoms with Crippen LogP contribution in [0.5, 0.6) is 0 Å². The van der Waals surface area contributed by atoms with E-state index >= 15 is 0 Å². The summed E-state index contributed by atoms with van der Waals surface area (Å²) in [6.07, 6.45) is 1.10. The Morgan fingerprint density at radius 3 is 1.94 bits per heavy atom. The van der Waals surface area contributed by atoms with E-state index in [9.17, 15) is 0 Å². The van der Waals surface area contributed by atoms with Crippen molar-refractivity contribution >= 4 is 12.1 Å². The van der Waals surface area contributed by atoms with E-state index in [0.29, 0.717) is 0 Å². The molecule has 0 aliphatic heterocycles. The van der Waals surface area contributed by atoms with Crippen LogP contribution in [0.15, 0.2) is 30.3 Å². The standard InChI is InChI=1S/C21H25.C4H10N.C3H9Si.CH3.Zr/c1-20(2,3)16-7-9-18-14(12-16)11-15-13-17(21(4,5)6)8-10-19(15)18;1-4(2,3)5;1-4(2)3;;/h7-10,12H,11H2,1-6H3;5H,1-3H3;4H,1H2,2-3H3;1H3;/q;-1;;;+1. The average molecular weight is 529 g/mol. The molecule has 1 nitrogen and oxygen atoms in total. The third-order valence-corrected chi connectivity index (χ3v) is 27.8. The molecular weight excluding hydrogens is 482 g/mol. The predicted octanol–water partition coefficient (Wildman–Crippen LogP) is 7.43. The molecule has 0 spiro atoms. The fourth-order valence-electron chi connectivity index (χ4n) is 5.86. The third kappa shape index (κ3) is 5.42. The zero-order chi connectivity index (χ0) is 24.3. The molecule has 176 valence electrons. The maximum absolute atomic E-state index is 4.33. The summed E-state index contributed by atoms with van der Waals surface area (Å²) in [6.45, 7) is 26.4. The molecule has 1 aliphatic rings. The van der Waals surface area contributed by atoms with E-state index in [-0.39, 0.29) is 16.4 Å². The molecule has 0 fully saturated rings. The van der Waals surface area contributed by atoms with Gasteiger partial charge in [0, 0.05) is 0 Å². The molecule has 1 atom stereocenters. The average Bonchev–Trinajstić information content (AvgIpc) is 2.94. The Bertz CT molecular complexity index is 1000. The topological polar surface area (TPSA) is 12.0 Å². The summed E-state index contributed by atoms with van der Waals surface area (Å²) in [7, 11) is -0.732. The van der Waals surface area contributed by atoms with Crippen LogP contribution in [-0.4, -0.2) is 14.3 Å². The van der Waals surface area contributed by atoms with Gasteiger partial charge in [0.1, 0.15) is 0 Å². The normalized spacial score (nSPS) is 16.2. The summed E-state index contributed by atoms with van der Waals surface area (Å²) in [5.74, 6) is 0. The van der Waals surface area contributed by atoms with Gasteiger partial charge in [-0.15, -0.1) is 0 Å². The molecule has 0 heterocycles. The zero-order valence-electron chi connectivity index (χ0n) is 22.9. The Labute approximate surface area is 205 Å². The van der Waals surface area contributed by atoms with Crippen LogP contribution < -0.4 is 6.53 Å². The van der Waals surface area contributed by atoms with Gasteiger partial charge < -0.3 is 0 Å². The maximum atomic E-state index is 4.33. The van der Waals surface area contributed by atoms with Gasteiger partial charge in [0.2, 0.25) is 0 Å². The fourth-order valence-corrected chi connectivity index (χ4v) is 31.2. The van der Waals surface area contributed by atoms with Crippen molar-refractivity contribution in [3.63, 3.8) is 0 Å². The molecular formula is C29H47NSiZr. The van der Waals surface area contributed by atoms with E-state index in [1.165, 1.54) is 26.0 Å². The van der Waals surface area contributed by atoms with Crippen molar-refractivity contribution in [2.75, 3.05) is 0 Å². The van der Waals surface area contributed by atoms with E-state index in [2.05, 4.69) is 114 Å². The van der Waals surface area contributed by atoms with E-state index < -0.39 is 29.4 Å².